The van der Waals surface area contributed by atoms with E-state index >= 15 is 0 Å². The lowest BCUT2D eigenvalue weighted by Crippen LogP contribution is -2.39. The van der Waals surface area contributed by atoms with Gasteiger partial charge in [0.25, 0.3) is 0 Å². The summed E-state index contributed by atoms with van der Waals surface area (Å²) < 4.78 is 5.43. The van der Waals surface area contributed by atoms with Crippen molar-refractivity contribution in [2.24, 2.45) is 0 Å². The first-order valence-corrected chi connectivity index (χ1v) is 4.40. The Morgan fingerprint density at radius 3 is 2.33 bits per heavy atom. The number of hydroxylamine groups is 1. The van der Waals surface area contributed by atoms with Crippen molar-refractivity contribution in [2.75, 3.05) is 13.7 Å². The van der Waals surface area contributed by atoms with Gasteiger partial charge in [-0.2, -0.15) is 5.48 Å². The molecule has 0 saturated carbocycles. The number of hydrogen-bond acceptors (Lipinski definition) is 3. The molecule has 0 aromatic heterocycles. The SMILES string of the molecule is CONC(C)(C)CCOC(C)C. The molecule has 12 heavy (non-hydrogen) atoms. The predicted molar refractivity (Wildman–Crippen MR) is 49.9 cm³/mol. The van der Waals surface area contributed by atoms with Gasteiger partial charge in [-0.25, -0.2) is 0 Å². The fraction of sp³-hybridized carbons (Fsp3) is 1.00. The second-order valence-electron chi connectivity index (χ2n) is 3.86. The molecule has 0 fully saturated rings. The van der Waals surface area contributed by atoms with E-state index in [4.69, 9.17) is 9.57 Å². The van der Waals surface area contributed by atoms with Crippen LogP contribution in [0.1, 0.15) is 34.1 Å². The zero-order valence-electron chi connectivity index (χ0n) is 8.81. The summed E-state index contributed by atoms with van der Waals surface area (Å²) in [5.41, 5.74) is 2.91. The smallest absolute Gasteiger partial charge is 0.0572 e. The molecule has 0 bridgehead atoms. The van der Waals surface area contributed by atoms with Crippen molar-refractivity contribution in [2.45, 2.75) is 45.8 Å². The van der Waals surface area contributed by atoms with E-state index in [1.54, 1.807) is 7.11 Å². The number of ether oxygens (including phenoxy) is 1. The van der Waals surface area contributed by atoms with Crippen LogP contribution in [0.4, 0.5) is 0 Å². The standard InChI is InChI=1S/C9H21NO2/c1-8(2)12-7-6-9(3,4)10-11-5/h8,10H,6-7H2,1-5H3. The maximum Gasteiger partial charge on any atom is 0.0572 e. The zero-order chi connectivity index (χ0) is 9.61. The molecule has 0 amide bonds. The van der Waals surface area contributed by atoms with E-state index in [-0.39, 0.29) is 5.54 Å². The minimum Gasteiger partial charge on any atom is -0.379 e. The zero-order valence-corrected chi connectivity index (χ0v) is 8.81. The van der Waals surface area contributed by atoms with Gasteiger partial charge in [0.05, 0.1) is 13.2 Å². The first kappa shape index (κ1) is 11.9. The molecule has 0 spiro atoms. The highest BCUT2D eigenvalue weighted by Crippen LogP contribution is 2.08. The van der Waals surface area contributed by atoms with Crippen LogP contribution in [0.25, 0.3) is 0 Å². The molecule has 0 aliphatic rings. The van der Waals surface area contributed by atoms with Crippen LogP contribution in [0.5, 0.6) is 0 Å². The minimum atomic E-state index is -0.0103. The highest BCUT2D eigenvalue weighted by molar-refractivity contribution is 4.72. The molecule has 0 radical (unpaired) electrons. The molecule has 3 nitrogen and oxygen atoms in total. The molecule has 74 valence electrons. The van der Waals surface area contributed by atoms with Crippen molar-refractivity contribution in [3.63, 3.8) is 0 Å². The molecule has 0 aliphatic heterocycles. The summed E-state index contributed by atoms with van der Waals surface area (Å²) >= 11 is 0. The van der Waals surface area contributed by atoms with Gasteiger partial charge in [0.2, 0.25) is 0 Å². The molecule has 0 unspecified atom stereocenters. The van der Waals surface area contributed by atoms with Gasteiger partial charge < -0.3 is 9.57 Å². The van der Waals surface area contributed by atoms with E-state index in [0.717, 1.165) is 13.0 Å². The number of nitrogens with one attached hydrogen (secondary N) is 1. The Labute approximate surface area is 75.4 Å². The fourth-order valence-corrected chi connectivity index (χ4v) is 0.877. The van der Waals surface area contributed by atoms with E-state index in [1.165, 1.54) is 0 Å². The number of hydrogen-bond donors (Lipinski definition) is 1. The van der Waals surface area contributed by atoms with Gasteiger partial charge in [0, 0.05) is 12.1 Å². The molecule has 1 N–H and O–H groups in total. The van der Waals surface area contributed by atoms with Crippen molar-refractivity contribution in [1.29, 1.82) is 0 Å². The Morgan fingerprint density at radius 2 is 1.92 bits per heavy atom. The monoisotopic (exact) mass is 175 g/mol. The van der Waals surface area contributed by atoms with Gasteiger partial charge in [-0.1, -0.05) is 0 Å². The van der Waals surface area contributed by atoms with E-state index in [2.05, 4.69) is 19.3 Å². The van der Waals surface area contributed by atoms with Crippen LogP contribution in [0.2, 0.25) is 0 Å². The van der Waals surface area contributed by atoms with Crippen LogP contribution < -0.4 is 5.48 Å². The third-order valence-corrected chi connectivity index (χ3v) is 1.56. The Bertz CT molecular complexity index is 113. The van der Waals surface area contributed by atoms with Crippen molar-refractivity contribution in [1.82, 2.24) is 5.48 Å². The Balaban J connectivity index is 3.46. The van der Waals surface area contributed by atoms with Crippen LogP contribution in [-0.2, 0) is 9.57 Å². The van der Waals surface area contributed by atoms with Crippen molar-refractivity contribution >= 4 is 0 Å². The average molecular weight is 175 g/mol. The summed E-state index contributed by atoms with van der Waals surface area (Å²) in [6.07, 6.45) is 1.25. The van der Waals surface area contributed by atoms with E-state index in [1.807, 2.05) is 13.8 Å². The van der Waals surface area contributed by atoms with Crippen molar-refractivity contribution < 1.29 is 9.57 Å². The predicted octanol–water partition coefficient (Wildman–Crippen LogP) is 1.73. The van der Waals surface area contributed by atoms with Crippen LogP contribution in [0.3, 0.4) is 0 Å². The highest BCUT2D eigenvalue weighted by Gasteiger charge is 2.16. The van der Waals surface area contributed by atoms with Crippen LogP contribution in [0, 0.1) is 0 Å². The minimum absolute atomic E-state index is 0.0103. The molecular weight excluding hydrogens is 154 g/mol. The highest BCUT2D eigenvalue weighted by atomic mass is 16.6. The molecule has 0 saturated heterocycles. The van der Waals surface area contributed by atoms with Gasteiger partial charge >= 0.3 is 0 Å². The summed E-state index contributed by atoms with van der Waals surface area (Å²) in [6, 6.07) is 0. The average Bonchev–Trinajstić information content (AvgIpc) is 1.85. The lowest BCUT2D eigenvalue weighted by molar-refractivity contribution is 0.000112. The third kappa shape index (κ3) is 6.58. The molecule has 3 heteroatoms. The Kier molecular flexibility index (Phi) is 5.46. The first-order chi connectivity index (χ1) is 5.48. The third-order valence-electron chi connectivity index (χ3n) is 1.56. The summed E-state index contributed by atoms with van der Waals surface area (Å²) in [6.45, 7) is 9.01. The van der Waals surface area contributed by atoms with Crippen molar-refractivity contribution in [3.8, 4) is 0 Å². The van der Waals surface area contributed by atoms with E-state index in [9.17, 15) is 0 Å². The van der Waals surface area contributed by atoms with Gasteiger partial charge in [0.15, 0.2) is 0 Å². The summed E-state index contributed by atoms with van der Waals surface area (Å²) in [5, 5.41) is 0. The van der Waals surface area contributed by atoms with Crippen LogP contribution in [-0.4, -0.2) is 25.4 Å². The van der Waals surface area contributed by atoms with Crippen molar-refractivity contribution in [3.05, 3.63) is 0 Å². The lowest BCUT2D eigenvalue weighted by Gasteiger charge is -2.24. The fourth-order valence-electron chi connectivity index (χ4n) is 0.877. The summed E-state index contributed by atoms with van der Waals surface area (Å²) in [7, 11) is 1.63. The lowest BCUT2D eigenvalue weighted by atomic mass is 10.0. The topological polar surface area (TPSA) is 30.5 Å². The van der Waals surface area contributed by atoms with E-state index < -0.39 is 0 Å². The summed E-state index contributed by atoms with van der Waals surface area (Å²) in [5.74, 6) is 0. The molecule has 0 heterocycles. The van der Waals surface area contributed by atoms with Crippen LogP contribution in [0.15, 0.2) is 0 Å². The quantitative estimate of drug-likeness (QED) is 0.624. The Morgan fingerprint density at radius 1 is 1.33 bits per heavy atom. The molecule has 0 aromatic carbocycles. The normalized spacial score (nSPS) is 12.5. The Hall–Kier alpha value is -0.120. The maximum atomic E-state index is 5.43. The first-order valence-electron chi connectivity index (χ1n) is 4.40. The second-order valence-corrected chi connectivity index (χ2v) is 3.86. The van der Waals surface area contributed by atoms with Gasteiger partial charge in [-0.15, -0.1) is 0 Å². The summed E-state index contributed by atoms with van der Waals surface area (Å²) in [4.78, 5) is 4.86. The second kappa shape index (κ2) is 5.51. The molecule has 0 aromatic rings. The largest absolute Gasteiger partial charge is 0.379 e. The van der Waals surface area contributed by atoms with Crippen LogP contribution >= 0.6 is 0 Å². The molecule has 0 aliphatic carbocycles. The van der Waals surface area contributed by atoms with Gasteiger partial charge in [-0.05, 0) is 34.1 Å². The van der Waals surface area contributed by atoms with E-state index in [0.29, 0.717) is 6.10 Å². The maximum absolute atomic E-state index is 5.43. The molecule has 0 atom stereocenters. The van der Waals surface area contributed by atoms with Gasteiger partial charge in [-0.3, -0.25) is 0 Å². The number of rotatable bonds is 6. The molecular formula is C9H21NO2. The van der Waals surface area contributed by atoms with Gasteiger partial charge in [0.1, 0.15) is 0 Å². The molecule has 0 rings (SSSR count).